The van der Waals surface area contributed by atoms with E-state index in [9.17, 15) is 26.7 Å². The summed E-state index contributed by atoms with van der Waals surface area (Å²) in [7, 11) is 0. The summed E-state index contributed by atoms with van der Waals surface area (Å²) in [6.45, 7) is 2.69. The number of rotatable bonds is 9. The number of carbonyl (C=O) groups is 1. The molecule has 0 saturated heterocycles. The zero-order valence-electron chi connectivity index (χ0n) is 13.9. The van der Waals surface area contributed by atoms with Crippen molar-refractivity contribution in [1.82, 2.24) is 9.78 Å². The molecule has 0 radical (unpaired) electrons. The third-order valence-electron chi connectivity index (χ3n) is 3.58. The Morgan fingerprint density at radius 1 is 1.32 bits per heavy atom. The van der Waals surface area contributed by atoms with Crippen LogP contribution in [0.3, 0.4) is 0 Å². The Morgan fingerprint density at radius 2 is 2.00 bits per heavy atom. The Kier molecular flexibility index (Phi) is 7.79. The molecule has 0 aliphatic heterocycles. The molecule has 25 heavy (non-hydrogen) atoms. The van der Waals surface area contributed by atoms with E-state index in [1.54, 1.807) is 13.1 Å². The molecule has 1 heterocycles. The normalized spacial score (nSPS) is 13.1. The van der Waals surface area contributed by atoms with Crippen LogP contribution in [-0.2, 0) is 15.1 Å². The van der Waals surface area contributed by atoms with Gasteiger partial charge in [0.2, 0.25) is 0 Å². The van der Waals surface area contributed by atoms with E-state index in [0.717, 1.165) is 11.6 Å². The number of aromatic nitrogens is 2. The summed E-state index contributed by atoms with van der Waals surface area (Å²) in [4.78, 5) is 12.4. The fourth-order valence-electron chi connectivity index (χ4n) is 2.13. The van der Waals surface area contributed by atoms with Gasteiger partial charge in [0, 0.05) is 12.6 Å². The minimum atomic E-state index is -2.46. The van der Waals surface area contributed by atoms with Gasteiger partial charge in [-0.2, -0.15) is 22.7 Å². The van der Waals surface area contributed by atoms with Crippen LogP contribution in [0.4, 0.5) is 22.0 Å². The Hall–Kier alpha value is -2.19. The van der Waals surface area contributed by atoms with Crippen LogP contribution in [0.15, 0.2) is 36.5 Å². The Morgan fingerprint density at radius 3 is 2.52 bits per heavy atom. The van der Waals surface area contributed by atoms with Crippen molar-refractivity contribution in [1.29, 1.82) is 0 Å². The molecule has 9 heteroatoms. The van der Waals surface area contributed by atoms with Crippen molar-refractivity contribution in [3.8, 4) is 0 Å². The summed E-state index contributed by atoms with van der Waals surface area (Å²) in [5, 5.41) is 4.04. The van der Waals surface area contributed by atoms with Crippen molar-refractivity contribution in [2.45, 2.75) is 45.1 Å². The van der Waals surface area contributed by atoms with Crippen LogP contribution in [0, 0.1) is 6.92 Å². The molecule has 1 atom stereocenters. The molecule has 0 fully saturated rings. The van der Waals surface area contributed by atoms with Crippen LogP contribution in [0.1, 0.15) is 38.2 Å². The molecular formula is C16H19F5N2O2. The molecule has 1 unspecified atom stereocenters. The van der Waals surface area contributed by atoms with Gasteiger partial charge in [-0.1, -0.05) is 0 Å². The predicted molar refractivity (Wildman–Crippen MR) is 80.7 cm³/mol. The van der Waals surface area contributed by atoms with Gasteiger partial charge in [0.25, 0.3) is 6.08 Å². The second kappa shape index (κ2) is 9.33. The van der Waals surface area contributed by atoms with Crippen LogP contribution >= 0.6 is 0 Å². The lowest BCUT2D eigenvalue weighted by molar-refractivity contribution is -0.154. The van der Waals surface area contributed by atoms with E-state index in [1.165, 1.54) is 17.8 Å². The zero-order valence-corrected chi connectivity index (χ0v) is 13.9. The molecule has 0 aromatic carbocycles. The second-order valence-electron chi connectivity index (χ2n) is 5.67. The molecule has 0 amide bonds. The van der Waals surface area contributed by atoms with E-state index in [1.807, 2.05) is 0 Å². The van der Waals surface area contributed by atoms with Crippen LogP contribution in [0.25, 0.3) is 0 Å². The number of halogens is 5. The lowest BCUT2D eigenvalue weighted by atomic mass is 9.95. The molecule has 1 rings (SSSR count). The molecule has 0 aliphatic carbocycles. The molecule has 0 bridgehead atoms. The molecule has 0 aliphatic rings. The van der Waals surface area contributed by atoms with Crippen molar-refractivity contribution in [2.24, 2.45) is 0 Å². The number of allylic oxidation sites excluding steroid dienone is 1. The lowest BCUT2D eigenvalue weighted by Crippen LogP contribution is -2.41. The molecule has 140 valence electrons. The van der Waals surface area contributed by atoms with Gasteiger partial charge in [0.15, 0.2) is 11.4 Å². The number of unbranched alkanes of at least 4 members (excludes halogenated alkanes) is 1. The van der Waals surface area contributed by atoms with Crippen LogP contribution in [0.5, 0.6) is 0 Å². The highest BCUT2D eigenvalue weighted by Crippen LogP contribution is 2.26. The standard InChI is InChI=1S/C16H19F5N2O2/c1-11-9-22-23(10-11)16(2,7-4-3-5-13(18)19)15(24)25-8-6-12(17)14(20)21/h5,9-10H,3-4,6-8H2,1-2H3. The highest BCUT2D eigenvalue weighted by Gasteiger charge is 2.37. The smallest absolute Gasteiger partial charge is 0.333 e. The average molecular weight is 366 g/mol. The summed E-state index contributed by atoms with van der Waals surface area (Å²) < 4.78 is 67.2. The SMILES string of the molecule is Cc1cnn(C(C)(CCCC=C(F)F)C(=O)OCCC(F)=C(F)F)c1. The topological polar surface area (TPSA) is 44.1 Å². The quantitative estimate of drug-likeness (QED) is 0.356. The van der Waals surface area contributed by atoms with Gasteiger partial charge in [0.05, 0.1) is 12.8 Å². The minimum Gasteiger partial charge on any atom is -0.463 e. The number of ether oxygens (including phenoxy) is 1. The molecule has 0 saturated carbocycles. The summed E-state index contributed by atoms with van der Waals surface area (Å²) in [5.41, 5.74) is -0.550. The van der Waals surface area contributed by atoms with Crippen LogP contribution < -0.4 is 0 Å². The van der Waals surface area contributed by atoms with Gasteiger partial charge in [-0.15, -0.1) is 0 Å². The Labute approximate surface area is 142 Å². The summed E-state index contributed by atoms with van der Waals surface area (Å²) >= 11 is 0. The van der Waals surface area contributed by atoms with Crippen molar-refractivity contribution in [3.05, 3.63) is 42.0 Å². The monoisotopic (exact) mass is 366 g/mol. The predicted octanol–water partition coefficient (Wildman–Crippen LogP) is 4.87. The highest BCUT2D eigenvalue weighted by molar-refractivity contribution is 5.78. The molecular weight excluding hydrogens is 347 g/mol. The summed E-state index contributed by atoms with van der Waals surface area (Å²) in [5.74, 6) is -2.44. The number of aryl methyl sites for hydroxylation is 1. The Bertz CT molecular complexity index is 649. The first kappa shape index (κ1) is 20.9. The first-order chi connectivity index (χ1) is 11.7. The number of nitrogens with zero attached hydrogens (tertiary/aromatic N) is 2. The van der Waals surface area contributed by atoms with Crippen LogP contribution in [-0.4, -0.2) is 22.4 Å². The van der Waals surface area contributed by atoms with Crippen molar-refractivity contribution >= 4 is 5.97 Å². The molecule has 1 aromatic rings. The highest BCUT2D eigenvalue weighted by atomic mass is 19.3. The second-order valence-corrected chi connectivity index (χ2v) is 5.67. The first-order valence-electron chi connectivity index (χ1n) is 7.56. The van der Waals surface area contributed by atoms with Gasteiger partial charge in [0.1, 0.15) is 0 Å². The first-order valence-corrected chi connectivity index (χ1v) is 7.56. The number of esters is 1. The molecule has 4 nitrogen and oxygen atoms in total. The third-order valence-corrected chi connectivity index (χ3v) is 3.58. The van der Waals surface area contributed by atoms with Crippen molar-refractivity contribution in [2.75, 3.05) is 6.61 Å². The summed E-state index contributed by atoms with van der Waals surface area (Å²) in [6, 6.07) is 0. The van der Waals surface area contributed by atoms with E-state index in [4.69, 9.17) is 4.74 Å². The average Bonchev–Trinajstić information content (AvgIpc) is 2.97. The van der Waals surface area contributed by atoms with E-state index in [2.05, 4.69) is 5.10 Å². The van der Waals surface area contributed by atoms with Crippen molar-refractivity contribution in [3.63, 3.8) is 0 Å². The molecule has 0 N–H and O–H groups in total. The maximum absolute atomic E-state index is 12.8. The van der Waals surface area contributed by atoms with Gasteiger partial charge in [-0.25, -0.2) is 9.18 Å². The van der Waals surface area contributed by atoms with E-state index >= 15 is 0 Å². The zero-order chi connectivity index (χ0) is 19.0. The molecule has 1 aromatic heterocycles. The molecule has 0 spiro atoms. The maximum atomic E-state index is 12.8. The third kappa shape index (κ3) is 6.32. The fourth-order valence-corrected chi connectivity index (χ4v) is 2.13. The maximum Gasteiger partial charge on any atom is 0.333 e. The fraction of sp³-hybridized carbons (Fsp3) is 0.500. The van der Waals surface area contributed by atoms with E-state index < -0.39 is 42.5 Å². The van der Waals surface area contributed by atoms with Gasteiger partial charge >= 0.3 is 12.0 Å². The van der Waals surface area contributed by atoms with E-state index in [-0.39, 0.29) is 19.3 Å². The van der Waals surface area contributed by atoms with Crippen molar-refractivity contribution < 1.29 is 31.5 Å². The Balaban J connectivity index is 2.81. The minimum absolute atomic E-state index is 0.0515. The largest absolute Gasteiger partial charge is 0.463 e. The number of carbonyl (C=O) groups excluding carboxylic acids is 1. The summed E-state index contributed by atoms with van der Waals surface area (Å²) in [6.07, 6.45) is -0.751. The number of hydrogen-bond acceptors (Lipinski definition) is 3. The van der Waals surface area contributed by atoms with Crippen LogP contribution in [0.2, 0.25) is 0 Å². The van der Waals surface area contributed by atoms with Gasteiger partial charge in [-0.05, 0) is 44.7 Å². The van der Waals surface area contributed by atoms with E-state index in [0.29, 0.717) is 0 Å². The lowest BCUT2D eigenvalue weighted by Gasteiger charge is -2.28. The van der Waals surface area contributed by atoms with Gasteiger partial charge in [-0.3, -0.25) is 4.68 Å². The van der Waals surface area contributed by atoms with Gasteiger partial charge < -0.3 is 4.74 Å². The number of hydrogen-bond donors (Lipinski definition) is 0.